The number of hydrogen-bond donors (Lipinski definition) is 1. The summed E-state index contributed by atoms with van der Waals surface area (Å²) in [5, 5.41) is 17.1. The first-order valence-electron chi connectivity index (χ1n) is 9.03. The van der Waals surface area contributed by atoms with Gasteiger partial charge in [-0.05, 0) is 30.5 Å². The molecule has 0 aliphatic carbocycles. The molecule has 1 aliphatic rings. The molecule has 0 bridgehead atoms. The van der Waals surface area contributed by atoms with Crippen molar-refractivity contribution in [1.29, 1.82) is 5.26 Å². The molecule has 0 saturated carbocycles. The highest BCUT2D eigenvalue weighted by molar-refractivity contribution is 5.75. The first-order valence-corrected chi connectivity index (χ1v) is 9.03. The summed E-state index contributed by atoms with van der Waals surface area (Å²) in [6.45, 7) is 4.01. The summed E-state index contributed by atoms with van der Waals surface area (Å²) in [4.78, 5) is 14.6. The molecule has 0 amide bonds. The maximum absolute atomic E-state index is 8.93. The summed E-state index contributed by atoms with van der Waals surface area (Å²) in [7, 11) is 0. The van der Waals surface area contributed by atoms with Crippen LogP contribution in [0.1, 0.15) is 30.8 Å². The van der Waals surface area contributed by atoms with E-state index in [1.807, 2.05) is 36.8 Å². The quantitative estimate of drug-likeness (QED) is 0.591. The number of nitriles is 1. The van der Waals surface area contributed by atoms with Crippen molar-refractivity contribution in [3.8, 4) is 6.07 Å². The number of H-pyrrole nitrogens is 1. The monoisotopic (exact) mass is 358 g/mol. The Morgan fingerprint density at radius 1 is 1.19 bits per heavy atom. The zero-order valence-electron chi connectivity index (χ0n) is 14.9. The van der Waals surface area contributed by atoms with Crippen LogP contribution in [0.15, 0.2) is 36.8 Å². The van der Waals surface area contributed by atoms with Gasteiger partial charge < -0.3 is 9.88 Å². The lowest BCUT2D eigenvalue weighted by Gasteiger charge is -2.37. The highest BCUT2D eigenvalue weighted by Gasteiger charge is 2.31. The molecule has 8 nitrogen and oxygen atoms in total. The second-order valence-corrected chi connectivity index (χ2v) is 7.05. The average Bonchev–Trinajstić information content (AvgIpc) is 3.35. The largest absolute Gasteiger partial charge is 0.354 e. The number of rotatable bonds is 2. The van der Waals surface area contributed by atoms with Crippen molar-refractivity contribution in [2.75, 3.05) is 18.0 Å². The van der Waals surface area contributed by atoms with E-state index >= 15 is 0 Å². The summed E-state index contributed by atoms with van der Waals surface area (Å²) in [6, 6.07) is 7.64. The number of aromatic nitrogens is 6. The van der Waals surface area contributed by atoms with E-state index in [1.165, 1.54) is 0 Å². The smallest absolute Gasteiger partial charge is 0.163 e. The van der Waals surface area contributed by atoms with Gasteiger partial charge in [0.1, 0.15) is 11.9 Å². The molecule has 1 N–H and O–H groups in total. The van der Waals surface area contributed by atoms with Gasteiger partial charge in [-0.25, -0.2) is 9.97 Å². The first kappa shape index (κ1) is 15.8. The fourth-order valence-electron chi connectivity index (χ4n) is 3.93. The minimum Gasteiger partial charge on any atom is -0.354 e. The number of imidazole rings is 1. The molecule has 134 valence electrons. The summed E-state index contributed by atoms with van der Waals surface area (Å²) in [6.07, 6.45) is 6.70. The molecule has 1 aliphatic heterocycles. The number of hydrogen-bond acceptors (Lipinski definition) is 6. The molecular formula is C19H18N8. The SMILES string of the molecule is C[C@H]1CCN(c2ccc(C#N)nn2)C[C@H]1c1ncc2cnc3[nH]ccc3n12. The minimum atomic E-state index is 0.263. The van der Waals surface area contributed by atoms with Crippen LogP contribution in [-0.4, -0.2) is 42.6 Å². The predicted octanol–water partition coefficient (Wildman–Crippen LogP) is 2.50. The van der Waals surface area contributed by atoms with E-state index in [-0.39, 0.29) is 5.92 Å². The van der Waals surface area contributed by atoms with Crippen LogP contribution in [0.2, 0.25) is 0 Å². The third-order valence-electron chi connectivity index (χ3n) is 5.47. The Balaban J connectivity index is 1.54. The van der Waals surface area contributed by atoms with Crippen LogP contribution in [0.25, 0.3) is 16.7 Å². The van der Waals surface area contributed by atoms with E-state index < -0.39 is 0 Å². The predicted molar refractivity (Wildman–Crippen MR) is 100 cm³/mol. The molecule has 27 heavy (non-hydrogen) atoms. The number of nitrogens with zero attached hydrogens (tertiary/aromatic N) is 7. The number of piperidine rings is 1. The van der Waals surface area contributed by atoms with E-state index in [2.05, 4.69) is 36.4 Å². The maximum atomic E-state index is 8.93. The lowest BCUT2D eigenvalue weighted by molar-refractivity contribution is 0.365. The van der Waals surface area contributed by atoms with Crippen LogP contribution in [-0.2, 0) is 0 Å². The van der Waals surface area contributed by atoms with E-state index in [0.717, 1.165) is 47.8 Å². The third-order valence-corrected chi connectivity index (χ3v) is 5.47. The highest BCUT2D eigenvalue weighted by Crippen LogP contribution is 2.34. The zero-order chi connectivity index (χ0) is 18.4. The maximum Gasteiger partial charge on any atom is 0.163 e. The molecule has 8 heteroatoms. The fraction of sp³-hybridized carbons (Fsp3) is 0.316. The van der Waals surface area contributed by atoms with Gasteiger partial charge in [-0.15, -0.1) is 10.2 Å². The fourth-order valence-corrected chi connectivity index (χ4v) is 3.93. The lowest BCUT2D eigenvalue weighted by Crippen LogP contribution is -2.39. The van der Waals surface area contributed by atoms with Crippen molar-refractivity contribution >= 4 is 22.5 Å². The average molecular weight is 358 g/mol. The topological polar surface area (TPSA) is 98.8 Å². The number of anilines is 1. The Hall–Kier alpha value is -3.47. The lowest BCUT2D eigenvalue weighted by atomic mass is 9.86. The first-order chi connectivity index (χ1) is 13.2. The van der Waals surface area contributed by atoms with Gasteiger partial charge in [-0.2, -0.15) is 5.26 Å². The summed E-state index contributed by atoms with van der Waals surface area (Å²) in [5.41, 5.74) is 3.24. The van der Waals surface area contributed by atoms with Gasteiger partial charge in [0.2, 0.25) is 0 Å². The van der Waals surface area contributed by atoms with Crippen LogP contribution in [0.4, 0.5) is 5.82 Å². The molecule has 4 aromatic rings. The molecule has 5 rings (SSSR count). The van der Waals surface area contributed by atoms with Gasteiger partial charge in [-0.1, -0.05) is 6.92 Å². The van der Waals surface area contributed by atoms with Crippen molar-refractivity contribution in [3.63, 3.8) is 0 Å². The van der Waals surface area contributed by atoms with Crippen molar-refractivity contribution in [2.45, 2.75) is 19.3 Å². The van der Waals surface area contributed by atoms with Crippen LogP contribution in [0, 0.1) is 17.2 Å². The summed E-state index contributed by atoms with van der Waals surface area (Å²) < 4.78 is 2.20. The molecule has 4 aromatic heterocycles. The zero-order valence-corrected chi connectivity index (χ0v) is 14.9. The summed E-state index contributed by atoms with van der Waals surface area (Å²) in [5.74, 6) is 2.62. The second-order valence-electron chi connectivity index (χ2n) is 7.05. The molecule has 0 unspecified atom stereocenters. The number of aromatic amines is 1. The van der Waals surface area contributed by atoms with Crippen molar-refractivity contribution in [1.82, 2.24) is 29.5 Å². The minimum absolute atomic E-state index is 0.263. The second kappa shape index (κ2) is 6.06. The number of nitrogens with one attached hydrogen (secondary N) is 1. The molecule has 0 spiro atoms. The van der Waals surface area contributed by atoms with E-state index in [0.29, 0.717) is 11.6 Å². The van der Waals surface area contributed by atoms with Gasteiger partial charge in [0, 0.05) is 25.2 Å². The molecule has 0 aromatic carbocycles. The summed E-state index contributed by atoms with van der Waals surface area (Å²) >= 11 is 0. The van der Waals surface area contributed by atoms with Crippen molar-refractivity contribution in [3.05, 3.63) is 48.3 Å². The van der Waals surface area contributed by atoms with Crippen molar-refractivity contribution < 1.29 is 0 Å². The van der Waals surface area contributed by atoms with Crippen molar-refractivity contribution in [2.24, 2.45) is 5.92 Å². The Labute approximate surface area is 155 Å². The molecule has 2 atom stereocenters. The van der Waals surface area contributed by atoms with Gasteiger partial charge >= 0.3 is 0 Å². The molecular weight excluding hydrogens is 340 g/mol. The Bertz CT molecular complexity index is 1150. The molecule has 5 heterocycles. The van der Waals surface area contributed by atoms with Gasteiger partial charge in [0.15, 0.2) is 17.2 Å². The van der Waals surface area contributed by atoms with Crippen LogP contribution in [0.3, 0.4) is 0 Å². The van der Waals surface area contributed by atoms with Crippen LogP contribution in [0.5, 0.6) is 0 Å². The number of fused-ring (bicyclic) bond motifs is 3. The Morgan fingerprint density at radius 2 is 2.07 bits per heavy atom. The molecule has 1 saturated heterocycles. The van der Waals surface area contributed by atoms with Crippen LogP contribution >= 0.6 is 0 Å². The standard InChI is InChI=1S/C19H18N8/c1-12-5-7-26(17-3-2-13(8-20)24-25-17)11-15(12)19-23-10-14-9-22-18-16(27(14)19)4-6-21-18/h2-4,6,9-10,12,15,21H,5,7,11H2,1H3/t12-,15+/m0/s1. The highest BCUT2D eigenvalue weighted by atomic mass is 15.3. The van der Waals surface area contributed by atoms with E-state index in [9.17, 15) is 0 Å². The Morgan fingerprint density at radius 3 is 2.89 bits per heavy atom. The van der Waals surface area contributed by atoms with Gasteiger partial charge in [-0.3, -0.25) is 4.40 Å². The normalized spacial score (nSPS) is 20.2. The molecule has 1 fully saturated rings. The van der Waals surface area contributed by atoms with E-state index in [1.54, 1.807) is 6.07 Å². The van der Waals surface area contributed by atoms with Gasteiger partial charge in [0.05, 0.1) is 23.4 Å². The molecule has 0 radical (unpaired) electrons. The Kier molecular flexibility index (Phi) is 3.53. The third kappa shape index (κ3) is 2.51. The van der Waals surface area contributed by atoms with Crippen LogP contribution < -0.4 is 4.90 Å². The van der Waals surface area contributed by atoms with E-state index in [4.69, 9.17) is 10.2 Å². The van der Waals surface area contributed by atoms with Gasteiger partial charge in [0.25, 0.3) is 0 Å².